The second-order valence-corrected chi connectivity index (χ2v) is 9.36. The van der Waals surface area contributed by atoms with Crippen molar-refractivity contribution in [3.05, 3.63) is 41.6 Å². The van der Waals surface area contributed by atoms with Gasteiger partial charge >= 0.3 is 5.97 Å². The molecule has 2 N–H and O–H groups in total. The predicted octanol–water partition coefficient (Wildman–Crippen LogP) is 4.01. The van der Waals surface area contributed by atoms with Gasteiger partial charge < -0.3 is 15.4 Å². The van der Waals surface area contributed by atoms with E-state index in [0.717, 1.165) is 17.8 Å². The van der Waals surface area contributed by atoms with E-state index in [1.807, 2.05) is 6.07 Å². The molecule has 5 rings (SSSR count). The monoisotopic (exact) mass is 407 g/mol. The molecule has 1 atom stereocenters. The summed E-state index contributed by atoms with van der Waals surface area (Å²) in [5.41, 5.74) is 1.36. The van der Waals surface area contributed by atoms with Crippen molar-refractivity contribution >= 4 is 17.6 Å². The zero-order valence-corrected chi connectivity index (χ0v) is 17.6. The number of carbonyl (C=O) groups is 2. The number of anilines is 1. The molecular formula is C24H29N3O3. The van der Waals surface area contributed by atoms with E-state index in [4.69, 9.17) is 0 Å². The van der Waals surface area contributed by atoms with Gasteiger partial charge in [0.05, 0.1) is 12.7 Å². The Labute approximate surface area is 177 Å². The Bertz CT molecular complexity index is 862. The first-order valence-electron chi connectivity index (χ1n) is 10.8. The van der Waals surface area contributed by atoms with Gasteiger partial charge in [-0.2, -0.15) is 5.26 Å². The maximum Gasteiger partial charge on any atom is 0.337 e. The highest BCUT2D eigenvalue weighted by atomic mass is 16.5. The molecule has 1 aromatic rings. The molecule has 4 fully saturated rings. The van der Waals surface area contributed by atoms with Crippen molar-refractivity contribution in [3.8, 4) is 6.07 Å². The van der Waals surface area contributed by atoms with Gasteiger partial charge in [0.25, 0.3) is 5.91 Å². The van der Waals surface area contributed by atoms with Gasteiger partial charge in [0, 0.05) is 17.9 Å². The molecule has 30 heavy (non-hydrogen) atoms. The number of carbonyl (C=O) groups excluding carboxylic acids is 2. The van der Waals surface area contributed by atoms with Gasteiger partial charge in [-0.1, -0.05) is 0 Å². The molecule has 1 aromatic carbocycles. The topological polar surface area (TPSA) is 91.2 Å². The number of benzene rings is 1. The van der Waals surface area contributed by atoms with E-state index >= 15 is 0 Å². The molecule has 1 unspecified atom stereocenters. The van der Waals surface area contributed by atoms with E-state index in [9.17, 15) is 14.9 Å². The minimum atomic E-state index is -0.409. The number of nitrogens with zero attached hydrogens (tertiary/aromatic N) is 1. The Morgan fingerprint density at radius 1 is 1.13 bits per heavy atom. The summed E-state index contributed by atoms with van der Waals surface area (Å²) in [7, 11) is 1.33. The van der Waals surface area contributed by atoms with Crippen molar-refractivity contribution in [2.24, 2.45) is 23.2 Å². The molecule has 1 amide bonds. The van der Waals surface area contributed by atoms with Crippen LogP contribution < -0.4 is 10.6 Å². The van der Waals surface area contributed by atoms with Crippen LogP contribution in [-0.4, -0.2) is 25.0 Å². The number of methoxy groups -OCH3 is 1. The second-order valence-electron chi connectivity index (χ2n) is 9.36. The average molecular weight is 408 g/mol. The Balaban J connectivity index is 1.39. The third-order valence-corrected chi connectivity index (χ3v) is 7.41. The molecular weight excluding hydrogens is 378 g/mol. The van der Waals surface area contributed by atoms with Gasteiger partial charge in [0.15, 0.2) is 0 Å². The van der Waals surface area contributed by atoms with Crippen molar-refractivity contribution < 1.29 is 14.3 Å². The fourth-order valence-corrected chi connectivity index (χ4v) is 6.26. The van der Waals surface area contributed by atoms with Crippen LogP contribution in [0.5, 0.6) is 0 Å². The lowest BCUT2D eigenvalue weighted by atomic mass is 9.48. The number of ether oxygens (including phenoxy) is 1. The minimum Gasteiger partial charge on any atom is -0.465 e. The first-order chi connectivity index (χ1) is 14.4. The standard InChI is InChI=1S/C24H29N3O3/c1-15(24-10-16-7-17(11-24)9-18(8-16)12-24)27-22(28)20(13-25)14-26-21-5-3-19(4-6-21)23(29)30-2/h3-6,14-18,26H,7-12H2,1-2H3,(H,27,28)/b20-14-. The van der Waals surface area contributed by atoms with Gasteiger partial charge in [0.2, 0.25) is 0 Å². The molecule has 4 bridgehead atoms. The van der Waals surface area contributed by atoms with Gasteiger partial charge in [-0.05, 0) is 92.9 Å². The van der Waals surface area contributed by atoms with E-state index in [1.54, 1.807) is 24.3 Å². The van der Waals surface area contributed by atoms with E-state index in [1.165, 1.54) is 51.8 Å². The van der Waals surface area contributed by atoms with Gasteiger partial charge in [-0.3, -0.25) is 4.79 Å². The number of nitriles is 1. The molecule has 4 aliphatic rings. The number of amides is 1. The van der Waals surface area contributed by atoms with Gasteiger partial charge in [-0.25, -0.2) is 4.79 Å². The summed E-state index contributed by atoms with van der Waals surface area (Å²) in [4.78, 5) is 24.3. The Hall–Kier alpha value is -2.81. The van der Waals surface area contributed by atoms with Crippen molar-refractivity contribution in [1.29, 1.82) is 5.26 Å². The Kier molecular flexibility index (Phi) is 5.55. The van der Waals surface area contributed by atoms with Crippen molar-refractivity contribution in [3.63, 3.8) is 0 Å². The highest BCUT2D eigenvalue weighted by Crippen LogP contribution is 2.61. The molecule has 0 heterocycles. The fourth-order valence-electron chi connectivity index (χ4n) is 6.26. The van der Waals surface area contributed by atoms with Crippen LogP contribution >= 0.6 is 0 Å². The lowest BCUT2D eigenvalue weighted by Crippen LogP contribution is -2.56. The molecule has 0 aromatic heterocycles. The predicted molar refractivity (Wildman–Crippen MR) is 113 cm³/mol. The molecule has 0 saturated heterocycles. The van der Waals surface area contributed by atoms with Gasteiger partial charge in [0.1, 0.15) is 11.6 Å². The summed E-state index contributed by atoms with van der Waals surface area (Å²) < 4.78 is 4.68. The summed E-state index contributed by atoms with van der Waals surface area (Å²) >= 11 is 0. The minimum absolute atomic E-state index is 0.0450. The normalized spacial score (nSPS) is 30.3. The van der Waals surface area contributed by atoms with Crippen molar-refractivity contribution in [2.75, 3.05) is 12.4 Å². The SMILES string of the molecule is COC(=O)c1ccc(N/C=C(/C#N)C(=O)NC(C)C23CC4CC(CC(C4)C2)C3)cc1. The van der Waals surface area contributed by atoms with Crippen LogP contribution in [-0.2, 0) is 9.53 Å². The number of esters is 1. The smallest absolute Gasteiger partial charge is 0.337 e. The lowest BCUT2D eigenvalue weighted by Gasteiger charge is -2.59. The van der Waals surface area contributed by atoms with Crippen LogP contribution in [0.1, 0.15) is 55.8 Å². The molecule has 0 aliphatic heterocycles. The zero-order chi connectivity index (χ0) is 21.3. The van der Waals surface area contributed by atoms with Crippen LogP contribution in [0.25, 0.3) is 0 Å². The average Bonchev–Trinajstić information content (AvgIpc) is 2.73. The van der Waals surface area contributed by atoms with E-state index in [0.29, 0.717) is 11.3 Å². The third-order valence-electron chi connectivity index (χ3n) is 7.41. The Morgan fingerprint density at radius 2 is 1.70 bits per heavy atom. The number of rotatable bonds is 6. The van der Waals surface area contributed by atoms with Crippen LogP contribution in [0.2, 0.25) is 0 Å². The quantitative estimate of drug-likeness (QED) is 0.422. The highest BCUT2D eigenvalue weighted by molar-refractivity contribution is 5.97. The molecule has 6 heteroatoms. The van der Waals surface area contributed by atoms with Crippen molar-refractivity contribution in [2.45, 2.75) is 51.5 Å². The summed E-state index contributed by atoms with van der Waals surface area (Å²) in [6.45, 7) is 2.11. The maximum absolute atomic E-state index is 12.8. The van der Waals surface area contributed by atoms with E-state index in [-0.39, 0.29) is 22.9 Å². The largest absolute Gasteiger partial charge is 0.465 e. The Morgan fingerprint density at radius 3 is 2.20 bits per heavy atom. The van der Waals surface area contributed by atoms with Crippen LogP contribution in [0.15, 0.2) is 36.0 Å². The molecule has 4 saturated carbocycles. The van der Waals surface area contributed by atoms with Gasteiger partial charge in [-0.15, -0.1) is 0 Å². The molecule has 158 valence electrons. The van der Waals surface area contributed by atoms with Crippen LogP contribution in [0.3, 0.4) is 0 Å². The molecule has 0 radical (unpaired) electrons. The lowest BCUT2D eigenvalue weighted by molar-refractivity contribution is -0.122. The summed E-state index contributed by atoms with van der Waals surface area (Å²) in [5, 5.41) is 15.6. The van der Waals surface area contributed by atoms with Crippen molar-refractivity contribution in [1.82, 2.24) is 5.32 Å². The summed E-state index contributed by atoms with van der Waals surface area (Å²) in [6, 6.07) is 8.73. The second kappa shape index (κ2) is 8.14. The molecule has 0 spiro atoms. The number of hydrogen-bond donors (Lipinski definition) is 2. The number of hydrogen-bond acceptors (Lipinski definition) is 5. The molecule has 6 nitrogen and oxygen atoms in total. The van der Waals surface area contributed by atoms with Crippen LogP contribution in [0, 0.1) is 34.5 Å². The number of nitrogens with one attached hydrogen (secondary N) is 2. The first kappa shape index (κ1) is 20.5. The molecule has 4 aliphatic carbocycles. The van der Waals surface area contributed by atoms with Crippen LogP contribution in [0.4, 0.5) is 5.69 Å². The highest BCUT2D eigenvalue weighted by Gasteiger charge is 2.53. The summed E-state index contributed by atoms with van der Waals surface area (Å²) in [6.07, 6.45) is 9.13. The third kappa shape index (κ3) is 3.94. The van der Waals surface area contributed by atoms with E-state index < -0.39 is 5.97 Å². The summed E-state index contributed by atoms with van der Waals surface area (Å²) in [5.74, 6) is 1.70. The van der Waals surface area contributed by atoms with E-state index in [2.05, 4.69) is 22.3 Å². The zero-order valence-electron chi connectivity index (χ0n) is 17.6. The fraction of sp³-hybridized carbons (Fsp3) is 0.542. The first-order valence-corrected chi connectivity index (χ1v) is 10.8. The maximum atomic E-state index is 12.8.